The molecule has 0 saturated carbocycles. The first kappa shape index (κ1) is 39.2. The van der Waals surface area contributed by atoms with Gasteiger partial charge in [-0.1, -0.05) is 78.1 Å². The predicted octanol–water partition coefficient (Wildman–Crippen LogP) is 7.54. The van der Waals surface area contributed by atoms with Gasteiger partial charge in [-0.25, -0.2) is 12.2 Å². The number of halogens is 2. The molecule has 2 aliphatic carbocycles. The molecule has 2 atom stereocenters. The van der Waals surface area contributed by atoms with E-state index in [1.54, 1.807) is 37.2 Å². The van der Waals surface area contributed by atoms with Crippen molar-refractivity contribution in [2.75, 3.05) is 0 Å². The summed E-state index contributed by atoms with van der Waals surface area (Å²) in [7, 11) is 0. The third-order valence-corrected chi connectivity index (χ3v) is 3.59. The van der Waals surface area contributed by atoms with Gasteiger partial charge in [0.25, 0.3) is 0 Å². The Morgan fingerprint density at radius 2 is 0.929 bits per heavy atom. The van der Waals surface area contributed by atoms with Gasteiger partial charge in [-0.05, 0) is 0 Å². The SMILES string of the molecule is CC1[C-]=CC(C(C)(C)C)=C1.CC1[C-]=CC(C(C)(C)C)=C1.Cl.Cl.[CH2-]C.[CH2-]C.[SiH2]=[Zr]. The van der Waals surface area contributed by atoms with Crippen molar-refractivity contribution in [3.05, 3.63) is 61.4 Å². The van der Waals surface area contributed by atoms with Crippen LogP contribution in [0.15, 0.2) is 35.5 Å². The molecule has 0 heterocycles. The summed E-state index contributed by atoms with van der Waals surface area (Å²) in [6.07, 6.45) is 15.3. The molecule has 4 heteroatoms. The van der Waals surface area contributed by atoms with Crippen LogP contribution in [0.1, 0.15) is 69.2 Å². The molecule has 0 fully saturated rings. The Kier molecular flexibility index (Phi) is 29.2. The molecule has 0 saturated heterocycles. The van der Waals surface area contributed by atoms with Crippen LogP contribution >= 0.6 is 24.8 Å². The first-order chi connectivity index (χ1) is 12.0. The van der Waals surface area contributed by atoms with Gasteiger partial charge in [-0.15, -0.1) is 24.8 Å². The van der Waals surface area contributed by atoms with Crippen molar-refractivity contribution in [1.29, 1.82) is 0 Å². The summed E-state index contributed by atoms with van der Waals surface area (Å²) < 4.78 is 0. The summed E-state index contributed by atoms with van der Waals surface area (Å²) in [5, 5.41) is 0. The van der Waals surface area contributed by atoms with Crippen LogP contribution in [0, 0.1) is 48.7 Å². The summed E-state index contributed by atoms with van der Waals surface area (Å²) in [5.74, 6) is 1.04. The zero-order valence-electron chi connectivity index (χ0n) is 19.9. The van der Waals surface area contributed by atoms with E-state index in [1.165, 1.54) is 11.1 Å². The van der Waals surface area contributed by atoms with Crippen molar-refractivity contribution in [3.8, 4) is 0 Å². The van der Waals surface area contributed by atoms with E-state index in [4.69, 9.17) is 0 Å². The summed E-state index contributed by atoms with van der Waals surface area (Å²) in [5.41, 5.74) is 3.44. The monoisotopic (exact) mass is 520 g/mol. The summed E-state index contributed by atoms with van der Waals surface area (Å²) in [4.78, 5) is 0. The van der Waals surface area contributed by atoms with Gasteiger partial charge in [0.2, 0.25) is 0 Å². The second-order valence-corrected chi connectivity index (χ2v) is 7.94. The molecular formula is C24H44Cl2SiZr-4. The van der Waals surface area contributed by atoms with E-state index in [2.05, 4.69) is 106 Å². The fourth-order valence-electron chi connectivity index (χ4n) is 2.11. The Morgan fingerprint density at radius 3 is 1.00 bits per heavy atom. The van der Waals surface area contributed by atoms with Crippen molar-refractivity contribution in [1.82, 2.24) is 0 Å². The molecule has 0 spiro atoms. The zero-order valence-corrected chi connectivity index (χ0v) is 25.4. The van der Waals surface area contributed by atoms with Gasteiger partial charge in [0, 0.05) is 0 Å². The maximum atomic E-state index is 3.26. The van der Waals surface area contributed by atoms with Gasteiger partial charge in [-0.2, -0.15) is 37.1 Å². The van der Waals surface area contributed by atoms with E-state index >= 15 is 0 Å². The normalized spacial score (nSPS) is 18.5. The molecule has 0 radical (unpaired) electrons. The first-order valence-corrected chi connectivity index (χ1v) is 15.3. The van der Waals surface area contributed by atoms with E-state index in [1.807, 2.05) is 6.88 Å². The third kappa shape index (κ3) is 18.7. The van der Waals surface area contributed by atoms with Crippen LogP contribution in [0.4, 0.5) is 0 Å². The standard InChI is InChI=1S/2C10H15.2C2H5.2ClH.H2Si.Zr/c2*1-8-5-6-9(7-8)10(2,3)4;2*1-2;;;;/h2*6-8H,1-4H3;2*1H2,2H3;2*1H;1H2;/q4*-1;;;;. The molecule has 0 nitrogen and oxygen atoms in total. The summed E-state index contributed by atoms with van der Waals surface area (Å²) in [6.45, 7) is 29.7. The molecule has 0 aromatic rings. The van der Waals surface area contributed by atoms with Gasteiger partial charge < -0.3 is 13.8 Å². The molecule has 0 aliphatic heterocycles. The second kappa shape index (κ2) is 20.9. The summed E-state index contributed by atoms with van der Waals surface area (Å²) >= 11 is 1.58. The average molecular weight is 523 g/mol. The van der Waals surface area contributed by atoms with Crippen LogP contribution in [-0.2, 0) is 23.3 Å². The third-order valence-electron chi connectivity index (χ3n) is 3.59. The molecule has 0 amide bonds. The van der Waals surface area contributed by atoms with Crippen molar-refractivity contribution in [3.63, 3.8) is 0 Å². The van der Waals surface area contributed by atoms with Gasteiger partial charge >= 0.3 is 30.2 Å². The van der Waals surface area contributed by atoms with E-state index in [-0.39, 0.29) is 24.8 Å². The second-order valence-electron chi connectivity index (χ2n) is 7.94. The molecule has 2 aliphatic rings. The van der Waals surface area contributed by atoms with Gasteiger partial charge in [0.15, 0.2) is 0 Å². The van der Waals surface area contributed by atoms with Crippen LogP contribution in [0.25, 0.3) is 0 Å². The Hall–Kier alpha value is 0.640. The fourth-order valence-corrected chi connectivity index (χ4v) is 2.11. The summed E-state index contributed by atoms with van der Waals surface area (Å²) in [6, 6.07) is 0. The minimum atomic E-state index is 0. The number of allylic oxidation sites excluding steroid dienone is 8. The fraction of sp³-hybridized carbons (Fsp3) is 0.583. The van der Waals surface area contributed by atoms with Gasteiger partial charge in [-0.3, -0.25) is 12.2 Å². The molecule has 0 aromatic heterocycles. The van der Waals surface area contributed by atoms with Crippen molar-refractivity contribution in [2.45, 2.75) is 69.2 Å². The topological polar surface area (TPSA) is 0 Å². The molecule has 166 valence electrons. The van der Waals surface area contributed by atoms with Crippen LogP contribution in [0.3, 0.4) is 0 Å². The Morgan fingerprint density at radius 1 is 0.714 bits per heavy atom. The molecular weight excluding hydrogens is 478 g/mol. The van der Waals surface area contributed by atoms with E-state index in [0.717, 1.165) is 0 Å². The zero-order chi connectivity index (χ0) is 21.6. The van der Waals surface area contributed by atoms with E-state index in [0.29, 0.717) is 22.7 Å². The Balaban J connectivity index is -0.0000000940. The maximum absolute atomic E-state index is 3.26. The van der Waals surface area contributed by atoms with Crippen LogP contribution in [0.5, 0.6) is 0 Å². The van der Waals surface area contributed by atoms with Crippen LogP contribution < -0.4 is 0 Å². The molecule has 2 unspecified atom stereocenters. The van der Waals surface area contributed by atoms with Crippen LogP contribution in [0.2, 0.25) is 0 Å². The molecule has 0 bridgehead atoms. The minimum absolute atomic E-state index is 0. The Bertz CT molecular complexity index is 434. The first-order valence-electron chi connectivity index (χ1n) is 9.40. The molecule has 0 N–H and O–H groups in total. The van der Waals surface area contributed by atoms with Gasteiger partial charge in [0.05, 0.1) is 0 Å². The molecule has 2 rings (SSSR count). The predicted molar refractivity (Wildman–Crippen MR) is 134 cm³/mol. The average Bonchev–Trinajstić information content (AvgIpc) is 3.22. The Labute approximate surface area is 207 Å². The number of hydrogen-bond donors (Lipinski definition) is 0. The van der Waals surface area contributed by atoms with Crippen molar-refractivity contribution < 1.29 is 23.3 Å². The molecule has 28 heavy (non-hydrogen) atoms. The number of rotatable bonds is 0. The van der Waals surface area contributed by atoms with Crippen molar-refractivity contribution in [2.24, 2.45) is 22.7 Å². The van der Waals surface area contributed by atoms with Gasteiger partial charge in [0.1, 0.15) is 0 Å². The van der Waals surface area contributed by atoms with E-state index < -0.39 is 0 Å². The van der Waals surface area contributed by atoms with Crippen LogP contribution in [-0.4, -0.2) is 6.88 Å². The quantitative estimate of drug-likeness (QED) is 0.228. The number of hydrogen-bond acceptors (Lipinski definition) is 0. The molecule has 0 aromatic carbocycles. The van der Waals surface area contributed by atoms with E-state index in [9.17, 15) is 0 Å². The van der Waals surface area contributed by atoms with Crippen molar-refractivity contribution >= 4 is 31.7 Å².